The van der Waals surface area contributed by atoms with Crippen molar-refractivity contribution >= 4 is 21.5 Å². The highest BCUT2D eigenvalue weighted by molar-refractivity contribution is 6.12. The highest BCUT2D eigenvalue weighted by atomic mass is 16.5. The Morgan fingerprint density at radius 2 is 1.08 bits per heavy atom. The van der Waals surface area contributed by atoms with Crippen LogP contribution in [-0.2, 0) is 0 Å². The average molecular weight is 328 g/mol. The Hall–Kier alpha value is -2.82. The molecule has 0 radical (unpaired) electrons. The Bertz CT molecular complexity index is 902. The topological polar surface area (TPSA) is 46.2 Å². The molecule has 0 N–H and O–H groups in total. The lowest BCUT2D eigenvalue weighted by Gasteiger charge is -2.21. The van der Waals surface area contributed by atoms with Gasteiger partial charge in [0.25, 0.3) is 0 Å². The second-order valence-corrected chi connectivity index (χ2v) is 5.19. The van der Waals surface area contributed by atoms with Crippen LogP contribution in [0.4, 0.5) is 0 Å². The zero-order chi connectivity index (χ0) is 17.3. The molecule has 0 spiro atoms. The summed E-state index contributed by atoms with van der Waals surface area (Å²) in [5, 5.41) is 3.64. The normalized spacial score (nSPS) is 10.7. The largest absolute Gasteiger partial charge is 0.495 e. The molecular weight excluding hydrogens is 308 g/mol. The van der Waals surface area contributed by atoms with Crippen molar-refractivity contribution in [2.75, 3.05) is 35.5 Å². The van der Waals surface area contributed by atoms with Crippen molar-refractivity contribution in [2.24, 2.45) is 0 Å². The van der Waals surface area contributed by atoms with Gasteiger partial charge in [-0.2, -0.15) is 0 Å². The van der Waals surface area contributed by atoms with Crippen molar-refractivity contribution < 1.29 is 23.7 Å². The molecule has 0 saturated carbocycles. The Morgan fingerprint density at radius 1 is 0.542 bits per heavy atom. The molecule has 126 valence electrons. The first-order chi connectivity index (χ1) is 11.7. The molecule has 0 aliphatic heterocycles. The lowest BCUT2D eigenvalue weighted by atomic mass is 9.99. The van der Waals surface area contributed by atoms with Crippen LogP contribution in [0.15, 0.2) is 30.3 Å². The van der Waals surface area contributed by atoms with E-state index in [0.717, 1.165) is 21.5 Å². The van der Waals surface area contributed by atoms with E-state index in [1.165, 1.54) is 0 Å². The zero-order valence-corrected chi connectivity index (χ0v) is 14.4. The minimum Gasteiger partial charge on any atom is -0.495 e. The van der Waals surface area contributed by atoms with Crippen LogP contribution in [-0.4, -0.2) is 35.5 Å². The van der Waals surface area contributed by atoms with E-state index in [4.69, 9.17) is 23.7 Å². The Balaban J connectivity index is 2.64. The number of hydrogen-bond acceptors (Lipinski definition) is 5. The highest BCUT2D eigenvalue weighted by Gasteiger charge is 2.26. The van der Waals surface area contributed by atoms with E-state index < -0.39 is 0 Å². The fourth-order valence-electron chi connectivity index (χ4n) is 3.14. The molecule has 24 heavy (non-hydrogen) atoms. The molecule has 5 nitrogen and oxygen atoms in total. The van der Waals surface area contributed by atoms with Gasteiger partial charge < -0.3 is 23.7 Å². The van der Waals surface area contributed by atoms with Crippen LogP contribution in [0.2, 0.25) is 0 Å². The zero-order valence-electron chi connectivity index (χ0n) is 14.4. The maximum Gasteiger partial charge on any atom is 0.208 e. The molecule has 0 saturated heterocycles. The van der Waals surface area contributed by atoms with Gasteiger partial charge in [-0.25, -0.2) is 0 Å². The van der Waals surface area contributed by atoms with Gasteiger partial charge in [0, 0.05) is 10.8 Å². The van der Waals surface area contributed by atoms with Crippen molar-refractivity contribution in [3.63, 3.8) is 0 Å². The maximum absolute atomic E-state index is 5.72. The van der Waals surface area contributed by atoms with Crippen molar-refractivity contribution in [2.45, 2.75) is 0 Å². The van der Waals surface area contributed by atoms with E-state index in [-0.39, 0.29) is 0 Å². The van der Waals surface area contributed by atoms with Gasteiger partial charge in [0.2, 0.25) is 11.5 Å². The molecular formula is C19H20O5. The van der Waals surface area contributed by atoms with Crippen LogP contribution in [0.5, 0.6) is 28.7 Å². The number of methoxy groups -OCH3 is 5. The summed E-state index contributed by atoms with van der Waals surface area (Å²) in [7, 11) is 7.98. The number of benzene rings is 3. The number of hydrogen-bond donors (Lipinski definition) is 0. The van der Waals surface area contributed by atoms with Crippen molar-refractivity contribution in [3.8, 4) is 28.7 Å². The minimum atomic E-state index is 0.470. The van der Waals surface area contributed by atoms with Crippen LogP contribution in [0.1, 0.15) is 0 Å². The van der Waals surface area contributed by atoms with Gasteiger partial charge in [0.1, 0.15) is 5.75 Å². The van der Waals surface area contributed by atoms with E-state index >= 15 is 0 Å². The first-order valence-electron chi connectivity index (χ1n) is 7.47. The van der Waals surface area contributed by atoms with Gasteiger partial charge in [-0.05, 0) is 11.5 Å². The fourth-order valence-corrected chi connectivity index (χ4v) is 3.14. The Labute approximate surface area is 140 Å². The monoisotopic (exact) mass is 328 g/mol. The molecule has 0 bridgehead atoms. The summed E-state index contributed by atoms with van der Waals surface area (Å²) >= 11 is 0. The van der Waals surface area contributed by atoms with Crippen LogP contribution in [0.3, 0.4) is 0 Å². The summed E-state index contributed by atoms with van der Waals surface area (Å²) in [5.74, 6) is 2.79. The average Bonchev–Trinajstić information content (AvgIpc) is 2.63. The van der Waals surface area contributed by atoms with Gasteiger partial charge in [-0.3, -0.25) is 0 Å². The quantitative estimate of drug-likeness (QED) is 0.662. The molecule has 0 atom stereocenters. The molecule has 0 heterocycles. The summed E-state index contributed by atoms with van der Waals surface area (Å²) in [6.07, 6.45) is 0. The first-order valence-corrected chi connectivity index (χ1v) is 7.47. The third-order valence-corrected chi connectivity index (χ3v) is 4.11. The molecule has 0 aliphatic rings. The lowest BCUT2D eigenvalue weighted by Crippen LogP contribution is -2.01. The second kappa shape index (κ2) is 6.35. The van der Waals surface area contributed by atoms with Gasteiger partial charge >= 0.3 is 0 Å². The fraction of sp³-hybridized carbons (Fsp3) is 0.263. The van der Waals surface area contributed by atoms with E-state index in [9.17, 15) is 0 Å². The summed E-state index contributed by atoms with van der Waals surface area (Å²) in [4.78, 5) is 0. The molecule has 5 heteroatoms. The van der Waals surface area contributed by atoms with Gasteiger partial charge in [-0.15, -0.1) is 0 Å². The SMILES string of the molecule is COc1c(OC)c(OC)c2c(OC)c3ccccc3cc2c1OC. The van der Waals surface area contributed by atoms with Crippen molar-refractivity contribution in [3.05, 3.63) is 30.3 Å². The van der Waals surface area contributed by atoms with Crippen LogP contribution in [0, 0.1) is 0 Å². The third kappa shape index (κ3) is 2.16. The number of fused-ring (bicyclic) bond motifs is 2. The summed E-state index contributed by atoms with van der Waals surface area (Å²) in [5.41, 5.74) is 0. The Kier molecular flexibility index (Phi) is 4.25. The molecule has 0 amide bonds. The maximum atomic E-state index is 5.72. The lowest BCUT2D eigenvalue weighted by molar-refractivity contribution is 0.309. The summed E-state index contributed by atoms with van der Waals surface area (Å²) < 4.78 is 28.0. The van der Waals surface area contributed by atoms with Gasteiger partial charge in [0.15, 0.2) is 11.5 Å². The molecule has 0 aromatic heterocycles. The summed E-state index contributed by atoms with van der Waals surface area (Å²) in [6.45, 7) is 0. The highest BCUT2D eigenvalue weighted by Crippen LogP contribution is 2.54. The first kappa shape index (κ1) is 16.1. The standard InChI is InChI=1S/C19H20O5/c1-20-15-12-9-7-6-8-11(12)10-13-14(15)17(22-3)19(24-5)18(23-4)16(13)21-2/h6-10H,1-5H3. The van der Waals surface area contributed by atoms with Crippen LogP contribution >= 0.6 is 0 Å². The van der Waals surface area contributed by atoms with Crippen LogP contribution < -0.4 is 23.7 Å². The minimum absolute atomic E-state index is 0.470. The molecule has 0 unspecified atom stereocenters. The van der Waals surface area contributed by atoms with Gasteiger partial charge in [-0.1, -0.05) is 24.3 Å². The Morgan fingerprint density at radius 3 is 1.67 bits per heavy atom. The smallest absolute Gasteiger partial charge is 0.208 e. The predicted molar refractivity (Wildman–Crippen MR) is 94.2 cm³/mol. The van der Waals surface area contributed by atoms with Crippen molar-refractivity contribution in [1.82, 2.24) is 0 Å². The van der Waals surface area contributed by atoms with E-state index in [1.807, 2.05) is 30.3 Å². The summed E-state index contributed by atoms with van der Waals surface area (Å²) in [6, 6.07) is 10.0. The number of ether oxygens (including phenoxy) is 5. The molecule has 3 rings (SSSR count). The predicted octanol–water partition coefficient (Wildman–Crippen LogP) is 4.04. The van der Waals surface area contributed by atoms with Crippen LogP contribution in [0.25, 0.3) is 21.5 Å². The van der Waals surface area contributed by atoms with Gasteiger partial charge in [0.05, 0.1) is 40.9 Å². The molecule has 3 aromatic rings. The van der Waals surface area contributed by atoms with Crippen molar-refractivity contribution in [1.29, 1.82) is 0 Å². The second-order valence-electron chi connectivity index (χ2n) is 5.19. The van der Waals surface area contributed by atoms with E-state index in [2.05, 4.69) is 0 Å². The molecule has 3 aromatic carbocycles. The molecule has 0 aliphatic carbocycles. The van der Waals surface area contributed by atoms with E-state index in [0.29, 0.717) is 28.7 Å². The third-order valence-electron chi connectivity index (χ3n) is 4.11. The van der Waals surface area contributed by atoms with E-state index in [1.54, 1.807) is 35.5 Å². The molecule has 0 fully saturated rings. The number of rotatable bonds is 5.